The monoisotopic (exact) mass is 182 g/mol. The maximum atomic E-state index is 11.4. The van der Waals surface area contributed by atoms with E-state index in [4.69, 9.17) is 0 Å². The smallest absolute Gasteiger partial charge is 0.225 e. The van der Waals surface area contributed by atoms with Gasteiger partial charge in [-0.25, -0.2) is 0 Å². The summed E-state index contributed by atoms with van der Waals surface area (Å²) in [5.41, 5.74) is 3.20. The number of aryl methyl sites for hydroxylation is 1. The van der Waals surface area contributed by atoms with E-state index in [0.717, 1.165) is 12.8 Å². The SMILES string of the molecule is Cc1csc[n+]1CC(=O)C1CC1. The fraction of sp³-hybridized carbons (Fsp3) is 0.556. The Hall–Kier alpha value is -0.700. The number of nitrogens with zero attached hydrogens (tertiary/aromatic N) is 1. The van der Waals surface area contributed by atoms with Gasteiger partial charge in [0.25, 0.3) is 0 Å². The van der Waals surface area contributed by atoms with E-state index in [2.05, 4.69) is 5.38 Å². The minimum Gasteiger partial charge on any atom is -0.292 e. The average molecular weight is 182 g/mol. The predicted octanol–water partition coefficient (Wildman–Crippen LogP) is 1.32. The lowest BCUT2D eigenvalue weighted by atomic mass is 10.2. The molecule has 64 valence electrons. The molecule has 1 heterocycles. The second-order valence-electron chi connectivity index (χ2n) is 3.37. The Morgan fingerprint density at radius 2 is 2.50 bits per heavy atom. The van der Waals surface area contributed by atoms with Crippen molar-refractivity contribution in [3.05, 3.63) is 16.6 Å². The van der Waals surface area contributed by atoms with Crippen LogP contribution in [0.5, 0.6) is 0 Å². The minimum atomic E-state index is 0.386. The lowest BCUT2D eigenvalue weighted by Crippen LogP contribution is -2.38. The number of hydrogen-bond donors (Lipinski definition) is 0. The van der Waals surface area contributed by atoms with Gasteiger partial charge >= 0.3 is 0 Å². The third-order valence-electron chi connectivity index (χ3n) is 2.24. The Labute approximate surface area is 75.8 Å². The minimum absolute atomic E-state index is 0.386. The lowest BCUT2D eigenvalue weighted by molar-refractivity contribution is -0.685. The number of carbonyl (C=O) groups excluding carboxylic acids is 1. The van der Waals surface area contributed by atoms with Gasteiger partial charge in [0, 0.05) is 12.8 Å². The quantitative estimate of drug-likeness (QED) is 0.646. The second-order valence-corrected chi connectivity index (χ2v) is 4.09. The summed E-state index contributed by atoms with van der Waals surface area (Å²) in [5, 5.41) is 2.07. The maximum Gasteiger partial charge on any atom is 0.225 e. The van der Waals surface area contributed by atoms with Gasteiger partial charge in [0.2, 0.25) is 17.8 Å². The molecule has 0 bridgehead atoms. The van der Waals surface area contributed by atoms with Crippen LogP contribution in [0, 0.1) is 12.8 Å². The Bertz CT molecular complexity index is 301. The first kappa shape index (κ1) is 7.92. The fourth-order valence-electron chi connectivity index (χ4n) is 1.22. The molecule has 1 aliphatic carbocycles. The van der Waals surface area contributed by atoms with Crippen LogP contribution in [-0.2, 0) is 11.3 Å². The highest BCUT2D eigenvalue weighted by atomic mass is 32.1. The van der Waals surface area contributed by atoms with E-state index in [-0.39, 0.29) is 0 Å². The molecule has 0 spiro atoms. The normalized spacial score (nSPS) is 16.4. The molecular formula is C9H12NOS+. The molecule has 0 atom stereocenters. The third-order valence-corrected chi connectivity index (χ3v) is 3.09. The van der Waals surface area contributed by atoms with Crippen molar-refractivity contribution >= 4 is 17.1 Å². The highest BCUT2D eigenvalue weighted by Crippen LogP contribution is 2.29. The van der Waals surface area contributed by atoms with Gasteiger partial charge in [-0.15, -0.1) is 0 Å². The van der Waals surface area contributed by atoms with Gasteiger partial charge in [-0.3, -0.25) is 4.79 Å². The average Bonchev–Trinajstić information content (AvgIpc) is 2.80. The molecule has 1 aromatic heterocycles. The van der Waals surface area contributed by atoms with Gasteiger partial charge in [-0.2, -0.15) is 4.57 Å². The summed E-state index contributed by atoms with van der Waals surface area (Å²) in [6, 6.07) is 0. The van der Waals surface area contributed by atoms with Crippen molar-refractivity contribution in [2.45, 2.75) is 26.3 Å². The first-order valence-corrected chi connectivity index (χ1v) is 5.16. The number of aromatic nitrogens is 1. The van der Waals surface area contributed by atoms with Gasteiger partial charge < -0.3 is 0 Å². The highest BCUT2D eigenvalue weighted by molar-refractivity contribution is 7.07. The van der Waals surface area contributed by atoms with E-state index in [9.17, 15) is 4.79 Å². The first-order chi connectivity index (χ1) is 5.77. The standard InChI is InChI=1S/C9H12NOS/c1-7-5-12-6-10(7)4-9(11)8-2-3-8/h5-6,8H,2-4H2,1H3/q+1. The van der Waals surface area contributed by atoms with E-state index in [1.807, 2.05) is 17.0 Å². The summed E-state index contributed by atoms with van der Waals surface area (Å²) < 4.78 is 2.03. The molecule has 12 heavy (non-hydrogen) atoms. The van der Waals surface area contributed by atoms with Crippen LogP contribution in [0.3, 0.4) is 0 Å². The number of thiazole rings is 1. The Morgan fingerprint density at radius 3 is 3.00 bits per heavy atom. The molecule has 2 nitrogen and oxygen atoms in total. The summed E-state index contributed by atoms with van der Waals surface area (Å²) in [7, 11) is 0. The van der Waals surface area contributed by atoms with Crippen LogP contribution < -0.4 is 4.57 Å². The second kappa shape index (κ2) is 2.98. The Morgan fingerprint density at radius 1 is 1.75 bits per heavy atom. The molecule has 1 aromatic rings. The number of carbonyl (C=O) groups is 1. The molecule has 0 radical (unpaired) electrons. The Kier molecular flexibility index (Phi) is 1.97. The van der Waals surface area contributed by atoms with Gasteiger partial charge in [0.15, 0.2) is 5.69 Å². The zero-order valence-corrected chi connectivity index (χ0v) is 7.93. The Balaban J connectivity index is 2.02. The number of hydrogen-bond acceptors (Lipinski definition) is 2. The molecule has 1 aliphatic rings. The van der Waals surface area contributed by atoms with Gasteiger partial charge in [0.1, 0.15) is 0 Å². The summed E-state index contributed by atoms with van der Waals surface area (Å²) in [4.78, 5) is 11.4. The fourth-order valence-corrected chi connectivity index (χ4v) is 2.00. The first-order valence-electron chi connectivity index (χ1n) is 4.22. The van der Waals surface area contributed by atoms with Crippen molar-refractivity contribution in [3.8, 4) is 0 Å². The molecule has 0 amide bonds. The summed E-state index contributed by atoms with van der Waals surface area (Å²) in [6.45, 7) is 2.62. The van der Waals surface area contributed by atoms with Crippen molar-refractivity contribution in [1.82, 2.24) is 0 Å². The van der Waals surface area contributed by atoms with Gasteiger partial charge in [-0.05, 0) is 12.8 Å². The van der Waals surface area contributed by atoms with Crippen LogP contribution in [0.25, 0.3) is 0 Å². The summed E-state index contributed by atoms with van der Waals surface area (Å²) in [6.07, 6.45) is 2.23. The summed E-state index contributed by atoms with van der Waals surface area (Å²) >= 11 is 1.65. The van der Waals surface area contributed by atoms with E-state index in [1.54, 1.807) is 11.3 Å². The topological polar surface area (TPSA) is 20.9 Å². The predicted molar refractivity (Wildman–Crippen MR) is 47.0 cm³/mol. The molecule has 0 unspecified atom stereocenters. The summed E-state index contributed by atoms with van der Waals surface area (Å²) in [5.74, 6) is 0.790. The van der Waals surface area contributed by atoms with Crippen LogP contribution in [0.15, 0.2) is 10.9 Å². The molecule has 3 heteroatoms. The number of rotatable bonds is 3. The maximum absolute atomic E-state index is 11.4. The number of ketones is 1. The molecule has 2 rings (SSSR count). The van der Waals surface area contributed by atoms with Crippen LogP contribution in [-0.4, -0.2) is 5.78 Å². The third kappa shape index (κ3) is 1.55. The van der Waals surface area contributed by atoms with Gasteiger partial charge in [-0.1, -0.05) is 11.3 Å². The lowest BCUT2D eigenvalue weighted by Gasteiger charge is -1.92. The molecular weight excluding hydrogens is 170 g/mol. The highest BCUT2D eigenvalue weighted by Gasteiger charge is 2.32. The molecule has 0 aliphatic heterocycles. The molecule has 0 aromatic carbocycles. The van der Waals surface area contributed by atoms with E-state index < -0.39 is 0 Å². The molecule has 0 saturated heterocycles. The van der Waals surface area contributed by atoms with Crippen molar-refractivity contribution in [3.63, 3.8) is 0 Å². The zero-order chi connectivity index (χ0) is 8.55. The molecule has 1 saturated carbocycles. The molecule has 1 fully saturated rings. The van der Waals surface area contributed by atoms with E-state index in [0.29, 0.717) is 18.2 Å². The van der Waals surface area contributed by atoms with Crippen LogP contribution in [0.2, 0.25) is 0 Å². The van der Waals surface area contributed by atoms with Crippen molar-refractivity contribution in [1.29, 1.82) is 0 Å². The van der Waals surface area contributed by atoms with Crippen LogP contribution >= 0.6 is 11.3 Å². The molecule has 0 N–H and O–H groups in total. The zero-order valence-electron chi connectivity index (χ0n) is 7.12. The van der Waals surface area contributed by atoms with E-state index in [1.165, 1.54) is 5.69 Å². The van der Waals surface area contributed by atoms with Crippen LogP contribution in [0.1, 0.15) is 18.5 Å². The van der Waals surface area contributed by atoms with Crippen molar-refractivity contribution in [2.24, 2.45) is 5.92 Å². The van der Waals surface area contributed by atoms with Gasteiger partial charge in [0.05, 0.1) is 5.38 Å². The van der Waals surface area contributed by atoms with Crippen molar-refractivity contribution < 1.29 is 9.36 Å². The van der Waals surface area contributed by atoms with Crippen molar-refractivity contribution in [2.75, 3.05) is 0 Å². The van der Waals surface area contributed by atoms with Crippen LogP contribution in [0.4, 0.5) is 0 Å². The number of Topliss-reactive ketones (excluding diaryl/α,β-unsaturated/α-hetero) is 1. The largest absolute Gasteiger partial charge is 0.292 e. The van der Waals surface area contributed by atoms with E-state index >= 15 is 0 Å².